The van der Waals surface area contributed by atoms with Gasteiger partial charge in [-0.15, -0.1) is 0 Å². The summed E-state index contributed by atoms with van der Waals surface area (Å²) in [6.07, 6.45) is 6.17. The average molecular weight is 127 g/mol. The summed E-state index contributed by atoms with van der Waals surface area (Å²) in [6, 6.07) is 0. The third-order valence-electron chi connectivity index (χ3n) is 1.39. The Morgan fingerprint density at radius 2 is 1.78 bits per heavy atom. The lowest BCUT2D eigenvalue weighted by Crippen LogP contribution is -2.03. The van der Waals surface area contributed by atoms with E-state index in [-0.39, 0.29) is 0 Å². The molecule has 0 fully saturated rings. The van der Waals surface area contributed by atoms with Crippen molar-refractivity contribution in [3.8, 4) is 0 Å². The molecule has 0 heterocycles. The van der Waals surface area contributed by atoms with E-state index in [1.54, 1.807) is 0 Å². The molecule has 0 amide bonds. The molecule has 9 heavy (non-hydrogen) atoms. The number of unbranched alkanes of at least 4 members (excludes halogenated alkanes) is 2. The van der Waals surface area contributed by atoms with Gasteiger partial charge in [0, 0.05) is 0 Å². The molecule has 0 aliphatic rings. The second kappa shape index (κ2) is 3.92. The molecule has 0 nitrogen and oxygen atoms in total. The smallest absolute Gasteiger partial charge is 0.0407 e. The minimum absolute atomic E-state index is 0.520. The lowest BCUT2D eigenvalue weighted by molar-refractivity contribution is 0.375. The first-order valence-electron chi connectivity index (χ1n) is 3.88. The van der Waals surface area contributed by atoms with E-state index < -0.39 is 0 Å². The maximum atomic E-state index is 2.35. The number of hydrogen-bond acceptors (Lipinski definition) is 0. The molecule has 0 radical (unpaired) electrons. The summed E-state index contributed by atoms with van der Waals surface area (Å²) >= 11 is 0. The van der Waals surface area contributed by atoms with Crippen molar-refractivity contribution < 1.29 is 0 Å². The van der Waals surface area contributed by atoms with Crippen LogP contribution >= 0.6 is 0 Å². The summed E-state index contributed by atoms with van der Waals surface area (Å²) < 4.78 is 0. The van der Waals surface area contributed by atoms with Crippen LogP contribution in [-0.2, 0) is 0 Å². The van der Waals surface area contributed by atoms with E-state index in [1.807, 2.05) is 0 Å². The Bertz CT molecular complexity index is 56.9. The molecule has 0 rings (SSSR count). The summed E-state index contributed by atoms with van der Waals surface area (Å²) in [4.78, 5) is 0. The number of rotatable bonds is 3. The van der Waals surface area contributed by atoms with Crippen molar-refractivity contribution in [2.24, 2.45) is 5.41 Å². The SMILES string of the molecule is CC[CH-]CCC(C)(C)C. The number of hydrogen-bond donors (Lipinski definition) is 0. The molecule has 0 aromatic carbocycles. The molecule has 0 N–H and O–H groups in total. The third-order valence-corrected chi connectivity index (χ3v) is 1.39. The Morgan fingerprint density at radius 3 is 2.11 bits per heavy atom. The summed E-state index contributed by atoms with van der Waals surface area (Å²) in [5.41, 5.74) is 0.520. The molecular formula is C9H19-. The van der Waals surface area contributed by atoms with Crippen LogP contribution in [0.25, 0.3) is 0 Å². The predicted octanol–water partition coefficient (Wildman–Crippen LogP) is 3.43. The van der Waals surface area contributed by atoms with Gasteiger partial charge >= 0.3 is 0 Å². The fraction of sp³-hybridized carbons (Fsp3) is 0.889. The Morgan fingerprint density at radius 1 is 1.22 bits per heavy atom. The summed E-state index contributed by atoms with van der Waals surface area (Å²) in [5, 5.41) is 0. The Hall–Kier alpha value is 0. The maximum Gasteiger partial charge on any atom is -0.0407 e. The molecule has 56 valence electrons. The molecule has 0 aromatic rings. The molecule has 0 saturated heterocycles. The van der Waals surface area contributed by atoms with E-state index in [4.69, 9.17) is 0 Å². The zero-order valence-corrected chi connectivity index (χ0v) is 7.20. The van der Waals surface area contributed by atoms with Crippen molar-refractivity contribution in [3.63, 3.8) is 0 Å². The minimum Gasteiger partial charge on any atom is -0.329 e. The lowest BCUT2D eigenvalue weighted by atomic mass is 9.90. The van der Waals surface area contributed by atoms with Crippen LogP contribution in [0.15, 0.2) is 0 Å². The zero-order chi connectivity index (χ0) is 7.33. The van der Waals surface area contributed by atoms with Crippen LogP contribution in [0.4, 0.5) is 0 Å². The summed E-state index contributed by atoms with van der Waals surface area (Å²) in [7, 11) is 0. The van der Waals surface area contributed by atoms with E-state index in [2.05, 4.69) is 34.1 Å². The van der Waals surface area contributed by atoms with Gasteiger partial charge in [0.15, 0.2) is 0 Å². The van der Waals surface area contributed by atoms with Crippen molar-refractivity contribution in [2.75, 3.05) is 0 Å². The molecule has 0 bridgehead atoms. The van der Waals surface area contributed by atoms with E-state index in [0.717, 1.165) is 0 Å². The molecule has 0 aromatic heterocycles. The van der Waals surface area contributed by atoms with Crippen LogP contribution in [0.5, 0.6) is 0 Å². The topological polar surface area (TPSA) is 0 Å². The second-order valence-corrected chi connectivity index (χ2v) is 3.80. The Kier molecular flexibility index (Phi) is 3.92. The van der Waals surface area contributed by atoms with Crippen LogP contribution < -0.4 is 0 Å². The van der Waals surface area contributed by atoms with Crippen molar-refractivity contribution in [1.29, 1.82) is 0 Å². The van der Waals surface area contributed by atoms with Gasteiger partial charge < -0.3 is 6.42 Å². The van der Waals surface area contributed by atoms with Crippen molar-refractivity contribution in [3.05, 3.63) is 6.42 Å². The van der Waals surface area contributed by atoms with Gasteiger partial charge in [-0.2, -0.15) is 12.8 Å². The van der Waals surface area contributed by atoms with E-state index in [0.29, 0.717) is 5.41 Å². The average Bonchev–Trinajstić information content (AvgIpc) is 1.63. The van der Waals surface area contributed by atoms with Gasteiger partial charge in [-0.25, -0.2) is 0 Å². The molecule has 0 unspecified atom stereocenters. The van der Waals surface area contributed by atoms with Crippen LogP contribution in [0.3, 0.4) is 0 Å². The standard InChI is InChI=1S/C9H19/c1-5-6-7-8-9(2,3)4/h6H,5,7-8H2,1-4H3/q-1. The fourth-order valence-corrected chi connectivity index (χ4v) is 0.739. The van der Waals surface area contributed by atoms with Gasteiger partial charge in [0.25, 0.3) is 0 Å². The normalized spacial score (nSPS) is 12.0. The molecular weight excluding hydrogens is 108 g/mol. The Balaban J connectivity index is 3.07. The molecule has 0 heteroatoms. The van der Waals surface area contributed by atoms with Crippen molar-refractivity contribution in [1.82, 2.24) is 0 Å². The highest BCUT2D eigenvalue weighted by Crippen LogP contribution is 2.21. The van der Waals surface area contributed by atoms with E-state index >= 15 is 0 Å². The largest absolute Gasteiger partial charge is 0.329 e. The predicted molar refractivity (Wildman–Crippen MR) is 43.3 cm³/mol. The molecule has 0 atom stereocenters. The Labute approximate surface area is 59.7 Å². The summed E-state index contributed by atoms with van der Waals surface area (Å²) in [5.74, 6) is 0. The fourth-order valence-electron chi connectivity index (χ4n) is 0.739. The maximum absolute atomic E-state index is 2.35. The molecule has 0 saturated carbocycles. The zero-order valence-electron chi connectivity index (χ0n) is 7.20. The van der Waals surface area contributed by atoms with Gasteiger partial charge in [-0.3, -0.25) is 0 Å². The first-order valence-corrected chi connectivity index (χ1v) is 3.88. The first-order chi connectivity index (χ1) is 4.06. The third kappa shape index (κ3) is 8.00. The van der Waals surface area contributed by atoms with Crippen LogP contribution in [0.2, 0.25) is 0 Å². The second-order valence-electron chi connectivity index (χ2n) is 3.80. The van der Waals surface area contributed by atoms with Gasteiger partial charge in [-0.1, -0.05) is 34.1 Å². The van der Waals surface area contributed by atoms with Crippen molar-refractivity contribution >= 4 is 0 Å². The highest BCUT2D eigenvalue weighted by molar-refractivity contribution is 4.68. The lowest BCUT2D eigenvalue weighted by Gasteiger charge is -2.20. The highest BCUT2D eigenvalue weighted by Gasteiger charge is 2.05. The van der Waals surface area contributed by atoms with Crippen LogP contribution in [0.1, 0.15) is 47.0 Å². The molecule has 0 aliphatic heterocycles. The van der Waals surface area contributed by atoms with E-state index in [9.17, 15) is 0 Å². The monoisotopic (exact) mass is 127 g/mol. The molecule has 0 aliphatic carbocycles. The summed E-state index contributed by atoms with van der Waals surface area (Å²) in [6.45, 7) is 9.06. The minimum atomic E-state index is 0.520. The first kappa shape index (κ1) is 9.00. The van der Waals surface area contributed by atoms with Gasteiger partial charge in [-0.05, 0) is 5.41 Å². The molecule has 0 spiro atoms. The van der Waals surface area contributed by atoms with Crippen LogP contribution in [-0.4, -0.2) is 0 Å². The van der Waals surface area contributed by atoms with Crippen molar-refractivity contribution in [2.45, 2.75) is 47.0 Å². The van der Waals surface area contributed by atoms with Gasteiger partial charge in [0.1, 0.15) is 0 Å². The van der Waals surface area contributed by atoms with Gasteiger partial charge in [0.2, 0.25) is 0 Å². The van der Waals surface area contributed by atoms with E-state index in [1.165, 1.54) is 19.3 Å². The van der Waals surface area contributed by atoms with Gasteiger partial charge in [0.05, 0.1) is 0 Å². The van der Waals surface area contributed by atoms with Crippen LogP contribution in [0, 0.1) is 11.8 Å². The quantitative estimate of drug-likeness (QED) is 0.402. The highest BCUT2D eigenvalue weighted by atomic mass is 14.1.